The lowest BCUT2D eigenvalue weighted by atomic mass is 10.1. The van der Waals surface area contributed by atoms with Gasteiger partial charge in [-0.1, -0.05) is 18.2 Å². The zero-order valence-electron chi connectivity index (χ0n) is 15.0. The molecule has 27 heavy (non-hydrogen) atoms. The van der Waals surface area contributed by atoms with Gasteiger partial charge in [0.1, 0.15) is 22.4 Å². The van der Waals surface area contributed by atoms with Crippen molar-refractivity contribution in [2.75, 3.05) is 20.1 Å². The Morgan fingerprint density at radius 3 is 2.63 bits per heavy atom. The topological polar surface area (TPSA) is 79.8 Å². The molecule has 0 unspecified atom stereocenters. The minimum Gasteiger partial charge on any atom is -0.487 e. The number of ether oxygens (including phenoxy) is 1. The van der Waals surface area contributed by atoms with Gasteiger partial charge in [0.15, 0.2) is 0 Å². The lowest BCUT2D eigenvalue weighted by Crippen LogP contribution is -2.44. The fraction of sp³-hybridized carbons (Fsp3) is 0.368. The van der Waals surface area contributed by atoms with Gasteiger partial charge in [0, 0.05) is 32.8 Å². The van der Waals surface area contributed by atoms with Crippen molar-refractivity contribution in [1.29, 1.82) is 0 Å². The van der Waals surface area contributed by atoms with Gasteiger partial charge in [-0.3, -0.25) is 9.78 Å². The Morgan fingerprint density at radius 1 is 1.11 bits per heavy atom. The van der Waals surface area contributed by atoms with Crippen LogP contribution >= 0.6 is 0 Å². The van der Waals surface area contributed by atoms with E-state index in [9.17, 15) is 13.2 Å². The summed E-state index contributed by atoms with van der Waals surface area (Å²) in [4.78, 5) is 18.8. The number of amides is 1. The van der Waals surface area contributed by atoms with Gasteiger partial charge in [0.2, 0.25) is 10.0 Å². The zero-order valence-corrected chi connectivity index (χ0v) is 15.8. The minimum absolute atomic E-state index is 0.141. The molecule has 0 spiro atoms. The molecule has 3 heterocycles. The molecule has 8 heteroatoms. The highest BCUT2D eigenvalue weighted by molar-refractivity contribution is 7.89. The van der Waals surface area contributed by atoms with Crippen LogP contribution in [0.2, 0.25) is 0 Å². The number of hydrogen-bond donors (Lipinski definition) is 0. The van der Waals surface area contributed by atoms with Crippen molar-refractivity contribution in [2.45, 2.75) is 29.9 Å². The first-order valence-electron chi connectivity index (χ1n) is 8.92. The van der Waals surface area contributed by atoms with Crippen molar-refractivity contribution in [2.24, 2.45) is 0 Å². The molecule has 0 saturated carbocycles. The second-order valence-electron chi connectivity index (χ2n) is 6.78. The first-order chi connectivity index (χ1) is 13.0. The molecule has 7 nitrogen and oxygen atoms in total. The Morgan fingerprint density at radius 2 is 1.85 bits per heavy atom. The second-order valence-corrected chi connectivity index (χ2v) is 8.74. The zero-order chi connectivity index (χ0) is 19.0. The lowest BCUT2D eigenvalue weighted by Gasteiger charge is -2.28. The number of sulfonamides is 1. The molecule has 4 rings (SSSR count). The molecular weight excluding hydrogens is 366 g/mol. The number of rotatable bonds is 1. The number of carbonyl (C=O) groups excluding carboxylic acids is 1. The molecule has 1 saturated heterocycles. The molecule has 2 aliphatic heterocycles. The van der Waals surface area contributed by atoms with Gasteiger partial charge in [0.05, 0.1) is 6.04 Å². The summed E-state index contributed by atoms with van der Waals surface area (Å²) in [6.07, 6.45) is 2.34. The molecular formula is C19H21N3O4S. The average Bonchev–Trinajstić information content (AvgIpc) is 2.93. The van der Waals surface area contributed by atoms with Crippen LogP contribution < -0.4 is 4.74 Å². The number of para-hydroxylation sites is 1. The fourth-order valence-electron chi connectivity index (χ4n) is 3.73. The third-order valence-electron chi connectivity index (χ3n) is 5.23. The number of pyridine rings is 1. The summed E-state index contributed by atoms with van der Waals surface area (Å²) in [5.41, 5.74) is 0.395. The number of aromatic nitrogens is 1. The van der Waals surface area contributed by atoms with Crippen LogP contribution in [-0.2, 0) is 10.0 Å². The first kappa shape index (κ1) is 17.9. The van der Waals surface area contributed by atoms with Gasteiger partial charge in [-0.25, -0.2) is 8.42 Å². The molecule has 1 fully saturated rings. The van der Waals surface area contributed by atoms with Crippen LogP contribution in [0.3, 0.4) is 0 Å². The molecule has 2 aliphatic rings. The third kappa shape index (κ3) is 3.19. The highest BCUT2D eigenvalue weighted by Crippen LogP contribution is 2.35. The van der Waals surface area contributed by atoms with Crippen molar-refractivity contribution in [3.8, 4) is 5.75 Å². The highest BCUT2D eigenvalue weighted by atomic mass is 32.2. The van der Waals surface area contributed by atoms with Crippen LogP contribution in [0.4, 0.5) is 0 Å². The predicted octanol–water partition coefficient (Wildman–Crippen LogP) is 1.77. The van der Waals surface area contributed by atoms with E-state index in [2.05, 4.69) is 4.98 Å². The van der Waals surface area contributed by atoms with Gasteiger partial charge in [-0.05, 0) is 30.7 Å². The van der Waals surface area contributed by atoms with E-state index in [-0.39, 0.29) is 22.9 Å². The molecule has 0 aliphatic carbocycles. The molecule has 0 bridgehead atoms. The summed E-state index contributed by atoms with van der Waals surface area (Å²) >= 11 is 0. The Kier molecular flexibility index (Phi) is 4.61. The van der Waals surface area contributed by atoms with Crippen molar-refractivity contribution in [1.82, 2.24) is 14.2 Å². The summed E-state index contributed by atoms with van der Waals surface area (Å²) in [5, 5.41) is 0. The van der Waals surface area contributed by atoms with Crippen LogP contribution in [0.5, 0.6) is 5.75 Å². The van der Waals surface area contributed by atoms with Gasteiger partial charge in [-0.2, -0.15) is 4.31 Å². The first-order valence-corrected chi connectivity index (χ1v) is 10.4. The predicted molar refractivity (Wildman–Crippen MR) is 99.0 cm³/mol. The molecule has 2 aromatic rings. The number of carbonyl (C=O) groups is 1. The fourth-order valence-corrected chi connectivity index (χ4v) is 5.25. The van der Waals surface area contributed by atoms with Crippen LogP contribution in [0.1, 0.15) is 23.3 Å². The Hall–Kier alpha value is -2.45. The summed E-state index contributed by atoms with van der Waals surface area (Å²) in [6.45, 7) is 0.947. The van der Waals surface area contributed by atoms with Crippen LogP contribution in [-0.4, -0.2) is 60.8 Å². The molecule has 1 amide bonds. The van der Waals surface area contributed by atoms with Crippen LogP contribution in [0, 0.1) is 0 Å². The van der Waals surface area contributed by atoms with E-state index in [0.717, 1.165) is 0 Å². The number of likely N-dealkylation sites (N-methyl/N-ethyl adjacent to an activating group) is 1. The maximum absolute atomic E-state index is 13.0. The molecule has 142 valence electrons. The van der Waals surface area contributed by atoms with E-state index in [1.807, 2.05) is 0 Å². The standard InChI is InChI=1S/C19H21N3O4S/c1-21-15-9-12-22(19(23)14-6-4-5-11-20-14)13-10-16(15)26-17-7-2-3-8-18(17)27(21,24)25/h2-8,11,15-16H,9-10,12-13H2,1H3/t15-,16-/m0/s1. The van der Waals surface area contributed by atoms with E-state index in [4.69, 9.17) is 4.74 Å². The average molecular weight is 387 g/mol. The molecule has 2 atom stereocenters. The smallest absolute Gasteiger partial charge is 0.272 e. The van der Waals surface area contributed by atoms with Crippen molar-refractivity contribution < 1.29 is 17.9 Å². The van der Waals surface area contributed by atoms with Gasteiger partial charge >= 0.3 is 0 Å². The number of likely N-dealkylation sites (tertiary alicyclic amines) is 1. The van der Waals surface area contributed by atoms with Crippen LogP contribution in [0.15, 0.2) is 53.6 Å². The van der Waals surface area contributed by atoms with Gasteiger partial charge in [0.25, 0.3) is 5.91 Å². The SMILES string of the molecule is CN1[C@H]2CCN(C(=O)c3ccccn3)CC[C@@H]2Oc2ccccc2S1(=O)=O. The summed E-state index contributed by atoms with van der Waals surface area (Å²) < 4.78 is 33.5. The van der Waals surface area contributed by atoms with Gasteiger partial charge < -0.3 is 9.64 Å². The monoisotopic (exact) mass is 387 g/mol. The van der Waals surface area contributed by atoms with E-state index in [1.165, 1.54) is 4.31 Å². The Labute approximate surface area is 158 Å². The van der Waals surface area contributed by atoms with Gasteiger partial charge in [-0.15, -0.1) is 0 Å². The largest absolute Gasteiger partial charge is 0.487 e. The van der Waals surface area contributed by atoms with E-state index in [1.54, 1.807) is 60.6 Å². The van der Waals surface area contributed by atoms with E-state index < -0.39 is 10.0 Å². The quantitative estimate of drug-likeness (QED) is 0.745. The van der Waals surface area contributed by atoms with Crippen LogP contribution in [0.25, 0.3) is 0 Å². The number of benzene rings is 1. The second kappa shape index (κ2) is 6.94. The molecule has 1 aromatic heterocycles. The normalized spacial score (nSPS) is 24.7. The lowest BCUT2D eigenvalue weighted by molar-refractivity contribution is 0.0749. The number of fused-ring (bicyclic) bond motifs is 2. The number of hydrogen-bond acceptors (Lipinski definition) is 5. The summed E-state index contributed by atoms with van der Waals surface area (Å²) in [6, 6.07) is 11.6. The van der Waals surface area contributed by atoms with Crippen molar-refractivity contribution in [3.63, 3.8) is 0 Å². The molecule has 0 N–H and O–H groups in total. The molecule has 0 radical (unpaired) electrons. The van der Waals surface area contributed by atoms with Crippen molar-refractivity contribution >= 4 is 15.9 Å². The Bertz CT molecular complexity index is 948. The Balaban J connectivity index is 1.62. The van der Waals surface area contributed by atoms with Crippen molar-refractivity contribution in [3.05, 3.63) is 54.4 Å². The maximum Gasteiger partial charge on any atom is 0.272 e. The molecule has 1 aromatic carbocycles. The maximum atomic E-state index is 13.0. The third-order valence-corrected chi connectivity index (χ3v) is 7.15. The minimum atomic E-state index is -3.64. The summed E-state index contributed by atoms with van der Waals surface area (Å²) in [5.74, 6) is 0.235. The number of nitrogens with zero attached hydrogens (tertiary/aromatic N) is 3. The highest BCUT2D eigenvalue weighted by Gasteiger charge is 2.41. The van der Waals surface area contributed by atoms with E-state index >= 15 is 0 Å². The summed E-state index contributed by atoms with van der Waals surface area (Å²) in [7, 11) is -2.05. The van der Waals surface area contributed by atoms with E-state index in [0.29, 0.717) is 37.4 Å².